The highest BCUT2D eigenvalue weighted by molar-refractivity contribution is 5.83. The van der Waals surface area contributed by atoms with E-state index >= 15 is 0 Å². The Kier molecular flexibility index (Phi) is 3.96. The zero-order valence-corrected chi connectivity index (χ0v) is 9.90. The first kappa shape index (κ1) is 12.3. The van der Waals surface area contributed by atoms with Crippen molar-refractivity contribution in [2.75, 3.05) is 13.2 Å². The molecule has 6 nitrogen and oxygen atoms in total. The summed E-state index contributed by atoms with van der Waals surface area (Å²) in [5.41, 5.74) is 0. The van der Waals surface area contributed by atoms with E-state index in [1.54, 1.807) is 0 Å². The molecule has 0 bridgehead atoms. The predicted molar refractivity (Wildman–Crippen MR) is 59.1 cm³/mol. The normalized spacial score (nSPS) is 32.5. The lowest BCUT2D eigenvalue weighted by Gasteiger charge is -2.20. The number of amides is 1. The van der Waals surface area contributed by atoms with Gasteiger partial charge in [0, 0.05) is 6.61 Å². The highest BCUT2D eigenvalue weighted by Gasteiger charge is 2.37. The SMILES string of the molecule is CCOC1OC(=O)C[C@@H]1NC(=O)[C@@H]1CCCN1. The van der Waals surface area contributed by atoms with Crippen molar-refractivity contribution in [2.24, 2.45) is 0 Å². The molecule has 2 N–H and O–H groups in total. The van der Waals surface area contributed by atoms with Gasteiger partial charge in [0.2, 0.25) is 12.2 Å². The fourth-order valence-corrected chi connectivity index (χ4v) is 2.16. The molecule has 0 aliphatic carbocycles. The minimum Gasteiger partial charge on any atom is -0.433 e. The molecule has 1 amide bonds. The molecule has 0 aromatic heterocycles. The average Bonchev–Trinajstić information content (AvgIpc) is 2.89. The van der Waals surface area contributed by atoms with E-state index in [0.717, 1.165) is 19.4 Å². The van der Waals surface area contributed by atoms with Crippen LogP contribution in [0.15, 0.2) is 0 Å². The second-order valence-electron chi connectivity index (χ2n) is 4.28. The van der Waals surface area contributed by atoms with Gasteiger partial charge in [-0.2, -0.15) is 0 Å². The fourth-order valence-electron chi connectivity index (χ4n) is 2.16. The van der Waals surface area contributed by atoms with Crippen LogP contribution in [0.2, 0.25) is 0 Å². The number of rotatable bonds is 4. The highest BCUT2D eigenvalue weighted by Crippen LogP contribution is 2.17. The number of esters is 1. The van der Waals surface area contributed by atoms with Gasteiger partial charge in [-0.3, -0.25) is 9.59 Å². The highest BCUT2D eigenvalue weighted by atomic mass is 16.7. The number of carbonyl (C=O) groups is 2. The molecule has 96 valence electrons. The van der Waals surface area contributed by atoms with Crippen molar-refractivity contribution in [2.45, 2.75) is 44.6 Å². The molecule has 0 aromatic carbocycles. The molecule has 0 radical (unpaired) electrons. The van der Waals surface area contributed by atoms with Gasteiger partial charge in [0.15, 0.2) is 0 Å². The third-order valence-electron chi connectivity index (χ3n) is 3.00. The Balaban J connectivity index is 1.87. The molecule has 0 spiro atoms. The molecule has 2 aliphatic heterocycles. The first-order valence-electron chi connectivity index (χ1n) is 6.05. The maximum Gasteiger partial charge on any atom is 0.310 e. The fraction of sp³-hybridized carbons (Fsp3) is 0.818. The molecule has 17 heavy (non-hydrogen) atoms. The summed E-state index contributed by atoms with van der Waals surface area (Å²) in [4.78, 5) is 23.0. The van der Waals surface area contributed by atoms with Crippen molar-refractivity contribution in [3.8, 4) is 0 Å². The van der Waals surface area contributed by atoms with Crippen LogP contribution in [0.5, 0.6) is 0 Å². The van der Waals surface area contributed by atoms with Gasteiger partial charge in [0.05, 0.1) is 12.5 Å². The molecule has 0 aromatic rings. The van der Waals surface area contributed by atoms with Crippen LogP contribution >= 0.6 is 0 Å². The Bertz CT molecular complexity index is 302. The summed E-state index contributed by atoms with van der Waals surface area (Å²) in [5.74, 6) is -0.399. The van der Waals surface area contributed by atoms with E-state index in [1.165, 1.54) is 0 Å². The minimum atomic E-state index is -0.641. The Labute approximate surface area is 100 Å². The van der Waals surface area contributed by atoms with Crippen LogP contribution in [0.3, 0.4) is 0 Å². The van der Waals surface area contributed by atoms with Crippen LogP contribution in [-0.2, 0) is 19.1 Å². The van der Waals surface area contributed by atoms with Crippen LogP contribution < -0.4 is 10.6 Å². The molecular weight excluding hydrogens is 224 g/mol. The molecule has 3 atom stereocenters. The number of ether oxygens (including phenoxy) is 2. The summed E-state index contributed by atoms with van der Waals surface area (Å²) >= 11 is 0. The summed E-state index contributed by atoms with van der Waals surface area (Å²) in [5, 5.41) is 5.92. The lowest BCUT2D eigenvalue weighted by atomic mass is 10.2. The van der Waals surface area contributed by atoms with Crippen LogP contribution in [0.4, 0.5) is 0 Å². The second-order valence-corrected chi connectivity index (χ2v) is 4.28. The molecule has 2 aliphatic rings. The standard InChI is InChI=1S/C11H18N2O4/c1-2-16-11-8(6-9(14)17-11)13-10(15)7-4-3-5-12-7/h7-8,11-12H,2-6H2,1H3,(H,13,15)/t7-,8-,11?/m0/s1. The molecule has 2 heterocycles. The first-order chi connectivity index (χ1) is 8.20. The van der Waals surface area contributed by atoms with Gasteiger partial charge >= 0.3 is 5.97 Å². The van der Waals surface area contributed by atoms with E-state index in [9.17, 15) is 9.59 Å². The van der Waals surface area contributed by atoms with Gasteiger partial charge in [-0.25, -0.2) is 0 Å². The van der Waals surface area contributed by atoms with Crippen molar-refractivity contribution < 1.29 is 19.1 Å². The molecule has 2 rings (SSSR count). The van der Waals surface area contributed by atoms with Gasteiger partial charge in [0.1, 0.15) is 6.04 Å². The van der Waals surface area contributed by atoms with Gasteiger partial charge < -0.3 is 20.1 Å². The average molecular weight is 242 g/mol. The number of carbonyl (C=O) groups excluding carboxylic acids is 2. The predicted octanol–water partition coefficient (Wildman–Crippen LogP) is -0.467. The minimum absolute atomic E-state index is 0.0736. The van der Waals surface area contributed by atoms with E-state index in [4.69, 9.17) is 9.47 Å². The van der Waals surface area contributed by atoms with E-state index < -0.39 is 6.29 Å². The summed E-state index contributed by atoms with van der Waals surface area (Å²) in [6.07, 6.45) is 1.39. The second kappa shape index (κ2) is 5.46. The van der Waals surface area contributed by atoms with Crippen molar-refractivity contribution in [3.05, 3.63) is 0 Å². The molecule has 2 saturated heterocycles. The maximum atomic E-state index is 11.9. The summed E-state index contributed by atoms with van der Waals surface area (Å²) in [7, 11) is 0. The van der Waals surface area contributed by atoms with E-state index in [0.29, 0.717) is 6.61 Å². The van der Waals surface area contributed by atoms with Gasteiger partial charge in [-0.05, 0) is 26.3 Å². The molecule has 2 fully saturated rings. The van der Waals surface area contributed by atoms with Gasteiger partial charge in [0.25, 0.3) is 0 Å². The largest absolute Gasteiger partial charge is 0.433 e. The topological polar surface area (TPSA) is 76.7 Å². The first-order valence-corrected chi connectivity index (χ1v) is 6.05. The molecule has 6 heteroatoms. The number of nitrogens with one attached hydrogen (secondary N) is 2. The molecular formula is C11H18N2O4. The third-order valence-corrected chi connectivity index (χ3v) is 3.00. The van der Waals surface area contributed by atoms with Crippen molar-refractivity contribution >= 4 is 11.9 Å². The summed E-state index contributed by atoms with van der Waals surface area (Å²) in [6.45, 7) is 3.14. The lowest BCUT2D eigenvalue weighted by Crippen LogP contribution is -2.48. The van der Waals surface area contributed by atoms with Crippen molar-refractivity contribution in [1.29, 1.82) is 0 Å². The quantitative estimate of drug-likeness (QED) is 0.652. The van der Waals surface area contributed by atoms with Crippen molar-refractivity contribution in [3.63, 3.8) is 0 Å². The zero-order chi connectivity index (χ0) is 12.3. The van der Waals surface area contributed by atoms with E-state index in [2.05, 4.69) is 10.6 Å². The summed E-state index contributed by atoms with van der Waals surface area (Å²) in [6, 6.07) is -0.509. The van der Waals surface area contributed by atoms with E-state index in [1.807, 2.05) is 6.92 Å². The Hall–Kier alpha value is -1.14. The number of hydrogen-bond acceptors (Lipinski definition) is 5. The number of hydrogen-bond donors (Lipinski definition) is 2. The van der Waals surface area contributed by atoms with E-state index in [-0.39, 0.29) is 30.4 Å². The van der Waals surface area contributed by atoms with Crippen LogP contribution in [0, 0.1) is 0 Å². The molecule has 0 saturated carbocycles. The smallest absolute Gasteiger partial charge is 0.310 e. The van der Waals surface area contributed by atoms with Gasteiger partial charge in [-0.1, -0.05) is 0 Å². The Morgan fingerprint density at radius 1 is 1.65 bits per heavy atom. The van der Waals surface area contributed by atoms with Crippen molar-refractivity contribution in [1.82, 2.24) is 10.6 Å². The van der Waals surface area contributed by atoms with Gasteiger partial charge in [-0.15, -0.1) is 0 Å². The van der Waals surface area contributed by atoms with Crippen LogP contribution in [-0.4, -0.2) is 43.4 Å². The van der Waals surface area contributed by atoms with Crippen LogP contribution in [0.25, 0.3) is 0 Å². The monoisotopic (exact) mass is 242 g/mol. The number of cyclic esters (lactones) is 1. The Morgan fingerprint density at radius 2 is 2.47 bits per heavy atom. The lowest BCUT2D eigenvalue weighted by molar-refractivity contribution is -0.164. The van der Waals surface area contributed by atoms with Crippen LogP contribution in [0.1, 0.15) is 26.2 Å². The maximum absolute atomic E-state index is 11.9. The zero-order valence-electron chi connectivity index (χ0n) is 9.90. The third kappa shape index (κ3) is 2.95. The summed E-state index contributed by atoms with van der Waals surface area (Å²) < 4.78 is 10.3. The molecule has 1 unspecified atom stereocenters. The Morgan fingerprint density at radius 3 is 3.12 bits per heavy atom.